The zero-order valence-electron chi connectivity index (χ0n) is 15.7. The van der Waals surface area contributed by atoms with Crippen molar-refractivity contribution in [3.05, 3.63) is 12.2 Å². The zero-order chi connectivity index (χ0) is 17.4. The molecule has 4 bridgehead atoms. The Morgan fingerprint density at radius 3 is 2.80 bits per heavy atom. The minimum atomic E-state index is -0.282. The molecular formula is C22H34NO2+. The van der Waals surface area contributed by atoms with Crippen LogP contribution in [-0.4, -0.2) is 46.8 Å². The first-order chi connectivity index (χ1) is 12.0. The third-order valence-corrected chi connectivity index (χ3v) is 9.36. The zero-order valence-corrected chi connectivity index (χ0v) is 15.7. The molecule has 7 atom stereocenters. The summed E-state index contributed by atoms with van der Waals surface area (Å²) in [5.41, 5.74) is 1.85. The fourth-order valence-corrected chi connectivity index (χ4v) is 8.50. The average Bonchev–Trinajstić information content (AvgIpc) is 2.58. The van der Waals surface area contributed by atoms with Crippen molar-refractivity contribution in [3.8, 4) is 0 Å². The lowest BCUT2D eigenvalue weighted by molar-refractivity contribution is -0.560. The van der Waals surface area contributed by atoms with Crippen LogP contribution in [0.15, 0.2) is 12.2 Å². The Bertz CT molecular complexity index is 642. The second-order valence-corrected chi connectivity index (χ2v) is 10.3. The van der Waals surface area contributed by atoms with Crippen molar-refractivity contribution in [1.29, 1.82) is 0 Å². The van der Waals surface area contributed by atoms with Crippen molar-refractivity contribution in [2.45, 2.75) is 64.4 Å². The summed E-state index contributed by atoms with van der Waals surface area (Å²) in [5.74, 6) is 1.91. The molecule has 0 amide bonds. The first-order valence-corrected chi connectivity index (χ1v) is 10.5. The van der Waals surface area contributed by atoms with E-state index in [0.717, 1.165) is 24.6 Å². The second-order valence-electron chi connectivity index (χ2n) is 10.3. The molecule has 3 heteroatoms. The van der Waals surface area contributed by atoms with Crippen LogP contribution >= 0.6 is 0 Å². The van der Waals surface area contributed by atoms with E-state index in [4.69, 9.17) is 0 Å². The van der Waals surface area contributed by atoms with Crippen LogP contribution in [0.5, 0.6) is 0 Å². The predicted octanol–water partition coefficient (Wildman–Crippen LogP) is 3.00. The van der Waals surface area contributed by atoms with Gasteiger partial charge in [-0.2, -0.15) is 0 Å². The molecule has 138 valence electrons. The molecule has 3 nitrogen and oxygen atoms in total. The number of hydrogen-bond donors (Lipinski definition) is 2. The number of fused-ring (bicyclic) bond motifs is 2. The Morgan fingerprint density at radius 1 is 1.20 bits per heavy atom. The molecule has 0 aromatic heterocycles. The summed E-state index contributed by atoms with van der Waals surface area (Å²) in [6.07, 6.45) is 12.4. The van der Waals surface area contributed by atoms with Crippen molar-refractivity contribution < 1.29 is 14.8 Å². The van der Waals surface area contributed by atoms with Gasteiger partial charge in [0.15, 0.2) is 6.54 Å². The summed E-state index contributed by atoms with van der Waals surface area (Å²) in [7, 11) is 0. The standard InChI is InChI=1S/C22H34NO2/c1-15-16-4-8-21(19(15)25)9-5-17-20(2)6-3-7-22(17,18(21)12-16)14-23(13-20)10-11-24/h14,16-19,24-25H,1,3-13H2,2H3/q+1/t16-,17-,18-,19+,20+,21-,22+/m1/s1. The Morgan fingerprint density at radius 2 is 2.00 bits per heavy atom. The lowest BCUT2D eigenvalue weighted by Crippen LogP contribution is -2.68. The van der Waals surface area contributed by atoms with Gasteiger partial charge in [-0.15, -0.1) is 0 Å². The van der Waals surface area contributed by atoms with E-state index in [1.165, 1.54) is 51.4 Å². The molecule has 1 heterocycles. The number of hydrogen-bond acceptors (Lipinski definition) is 2. The van der Waals surface area contributed by atoms with Gasteiger partial charge in [0.05, 0.1) is 11.5 Å². The normalized spacial score (nSPS) is 53.9. The predicted molar refractivity (Wildman–Crippen MR) is 98.7 cm³/mol. The third kappa shape index (κ3) is 1.92. The molecule has 0 radical (unpaired) electrons. The van der Waals surface area contributed by atoms with Gasteiger partial charge >= 0.3 is 0 Å². The molecule has 5 fully saturated rings. The number of rotatable bonds is 2. The summed E-state index contributed by atoms with van der Waals surface area (Å²) in [5, 5.41) is 20.8. The largest absolute Gasteiger partial charge is 0.390 e. The monoisotopic (exact) mass is 344 g/mol. The van der Waals surface area contributed by atoms with Crippen molar-refractivity contribution in [2.24, 2.45) is 34.0 Å². The van der Waals surface area contributed by atoms with Crippen LogP contribution in [0.25, 0.3) is 0 Å². The van der Waals surface area contributed by atoms with Crippen LogP contribution < -0.4 is 0 Å². The fraction of sp³-hybridized carbons (Fsp3) is 0.864. The van der Waals surface area contributed by atoms with Gasteiger partial charge in [-0.25, -0.2) is 4.58 Å². The van der Waals surface area contributed by atoms with E-state index in [-0.39, 0.29) is 23.5 Å². The van der Waals surface area contributed by atoms with Gasteiger partial charge in [-0.05, 0) is 68.3 Å². The highest BCUT2D eigenvalue weighted by molar-refractivity contribution is 5.65. The first-order valence-electron chi connectivity index (χ1n) is 10.5. The minimum absolute atomic E-state index is 0.0826. The maximum absolute atomic E-state index is 11.2. The molecule has 6 aliphatic rings. The lowest BCUT2D eigenvalue weighted by atomic mass is 9.35. The molecule has 6 rings (SSSR count). The molecule has 0 aromatic carbocycles. The molecule has 2 N–H and O–H groups in total. The number of β-amino-alcohol motifs (C(OH)–C–C–N with tert-alkyl or cyclic N) is 1. The van der Waals surface area contributed by atoms with Crippen LogP contribution in [0.3, 0.4) is 0 Å². The van der Waals surface area contributed by atoms with Crippen LogP contribution in [-0.2, 0) is 0 Å². The smallest absolute Gasteiger partial charge is 0.165 e. The molecule has 0 aromatic rings. The molecule has 5 saturated carbocycles. The highest BCUT2D eigenvalue weighted by atomic mass is 16.3. The van der Waals surface area contributed by atoms with E-state index in [1.807, 2.05) is 0 Å². The van der Waals surface area contributed by atoms with Crippen LogP contribution in [0.1, 0.15) is 58.3 Å². The van der Waals surface area contributed by atoms with Crippen LogP contribution in [0.4, 0.5) is 0 Å². The Labute approximate surface area is 151 Å². The van der Waals surface area contributed by atoms with Gasteiger partial charge in [-0.3, -0.25) is 0 Å². The van der Waals surface area contributed by atoms with E-state index in [9.17, 15) is 10.2 Å². The van der Waals surface area contributed by atoms with Crippen LogP contribution in [0.2, 0.25) is 0 Å². The number of aliphatic hydroxyl groups excluding tert-OH is 2. The highest BCUT2D eigenvalue weighted by Crippen LogP contribution is 2.72. The molecule has 1 spiro atoms. The minimum Gasteiger partial charge on any atom is -0.390 e. The highest BCUT2D eigenvalue weighted by Gasteiger charge is 2.70. The summed E-state index contributed by atoms with van der Waals surface area (Å²) in [6.45, 7) is 8.93. The average molecular weight is 345 g/mol. The Kier molecular flexibility index (Phi) is 3.43. The van der Waals surface area contributed by atoms with E-state index >= 15 is 0 Å². The van der Waals surface area contributed by atoms with E-state index in [2.05, 4.69) is 24.3 Å². The molecule has 25 heavy (non-hydrogen) atoms. The van der Waals surface area contributed by atoms with Crippen molar-refractivity contribution in [1.82, 2.24) is 0 Å². The summed E-state index contributed by atoms with van der Waals surface area (Å²) in [6, 6.07) is 0. The van der Waals surface area contributed by atoms with E-state index in [1.54, 1.807) is 0 Å². The van der Waals surface area contributed by atoms with Gasteiger partial charge < -0.3 is 10.2 Å². The van der Waals surface area contributed by atoms with Gasteiger partial charge in [0, 0.05) is 10.8 Å². The summed E-state index contributed by atoms with van der Waals surface area (Å²) in [4.78, 5) is 0. The fourth-order valence-electron chi connectivity index (χ4n) is 8.50. The van der Waals surface area contributed by atoms with Crippen LogP contribution in [0, 0.1) is 34.0 Å². The van der Waals surface area contributed by atoms with Gasteiger partial charge in [0.1, 0.15) is 19.4 Å². The second kappa shape index (κ2) is 5.19. The quantitative estimate of drug-likeness (QED) is 0.597. The number of aliphatic hydroxyl groups is 2. The SMILES string of the molecule is C=C1[C@@H]2CC[C@]3(CC[C@@H]4[C@@]5(C)CCC[C@@]4(C=[N+](CCO)C5)[C@@H]3C2)[C@H]1O. The molecule has 1 aliphatic heterocycles. The molecule has 0 saturated heterocycles. The van der Waals surface area contributed by atoms with E-state index < -0.39 is 0 Å². The molecule has 0 unspecified atom stereocenters. The molecule has 5 aliphatic carbocycles. The topological polar surface area (TPSA) is 43.5 Å². The Balaban J connectivity index is 1.65. The van der Waals surface area contributed by atoms with E-state index in [0.29, 0.717) is 17.3 Å². The Hall–Kier alpha value is -0.670. The van der Waals surface area contributed by atoms with Crippen molar-refractivity contribution >= 4 is 6.21 Å². The summed E-state index contributed by atoms with van der Waals surface area (Å²) < 4.78 is 2.44. The third-order valence-electron chi connectivity index (χ3n) is 9.36. The number of nitrogens with zero attached hydrogens (tertiary/aromatic N) is 1. The van der Waals surface area contributed by atoms with Crippen molar-refractivity contribution in [2.75, 3.05) is 19.7 Å². The summed E-state index contributed by atoms with van der Waals surface area (Å²) >= 11 is 0. The first kappa shape index (κ1) is 16.5. The maximum atomic E-state index is 11.2. The van der Waals surface area contributed by atoms with Crippen molar-refractivity contribution in [3.63, 3.8) is 0 Å². The molecular weight excluding hydrogens is 310 g/mol. The van der Waals surface area contributed by atoms with Gasteiger partial charge in [-0.1, -0.05) is 19.9 Å². The lowest BCUT2D eigenvalue weighted by Gasteiger charge is -2.68. The van der Waals surface area contributed by atoms with Gasteiger partial charge in [0.2, 0.25) is 0 Å². The maximum Gasteiger partial charge on any atom is 0.165 e. The van der Waals surface area contributed by atoms with Gasteiger partial charge in [0.25, 0.3) is 0 Å².